The third-order valence-corrected chi connectivity index (χ3v) is 6.23. The summed E-state index contributed by atoms with van der Waals surface area (Å²) in [5, 5.41) is 0. The summed E-state index contributed by atoms with van der Waals surface area (Å²) in [6.45, 7) is 11.7. The van der Waals surface area contributed by atoms with Gasteiger partial charge in [0.05, 0.1) is 29.6 Å². The number of methoxy groups -OCH3 is 1. The van der Waals surface area contributed by atoms with E-state index in [-0.39, 0.29) is 24.1 Å². The summed E-state index contributed by atoms with van der Waals surface area (Å²) in [7, 11) is 1.67. The van der Waals surface area contributed by atoms with E-state index in [4.69, 9.17) is 18.9 Å². The number of hydrogen-bond donors (Lipinski definition) is 0. The van der Waals surface area contributed by atoms with Crippen molar-refractivity contribution in [3.05, 3.63) is 23.8 Å². The van der Waals surface area contributed by atoms with Gasteiger partial charge >= 0.3 is 11.9 Å². The molecule has 2 aliphatic heterocycles. The first-order valence-electron chi connectivity index (χ1n) is 9.69. The minimum atomic E-state index is -0.520. The van der Waals surface area contributed by atoms with Crippen LogP contribution in [0.25, 0.3) is 0 Å². The molecule has 7 atom stereocenters. The van der Waals surface area contributed by atoms with E-state index < -0.39 is 29.7 Å². The summed E-state index contributed by atoms with van der Waals surface area (Å²) < 4.78 is 23.0. The molecule has 2 heterocycles. The lowest BCUT2D eigenvalue weighted by atomic mass is 9.82. The Morgan fingerprint density at radius 3 is 2.81 bits per heavy atom. The van der Waals surface area contributed by atoms with E-state index >= 15 is 0 Å². The first kappa shape index (κ1) is 20.1. The molecule has 0 radical (unpaired) electrons. The van der Waals surface area contributed by atoms with Gasteiger partial charge in [0.25, 0.3) is 0 Å². The van der Waals surface area contributed by atoms with Gasteiger partial charge in [0.2, 0.25) is 0 Å². The number of ether oxygens (including phenoxy) is 4. The minimum Gasteiger partial charge on any atom is -0.461 e. The first-order valence-corrected chi connectivity index (χ1v) is 9.69. The van der Waals surface area contributed by atoms with Gasteiger partial charge in [0.15, 0.2) is 0 Å². The van der Waals surface area contributed by atoms with E-state index in [1.807, 2.05) is 33.8 Å². The maximum Gasteiger partial charge on any atom is 0.334 e. The maximum atomic E-state index is 12.5. The van der Waals surface area contributed by atoms with Crippen molar-refractivity contribution in [1.82, 2.24) is 0 Å². The van der Waals surface area contributed by atoms with E-state index in [1.54, 1.807) is 7.11 Å². The molecule has 0 N–H and O–H groups in total. The number of epoxide rings is 1. The second kappa shape index (κ2) is 7.40. The van der Waals surface area contributed by atoms with Gasteiger partial charge in [-0.3, -0.25) is 4.79 Å². The summed E-state index contributed by atoms with van der Waals surface area (Å²) in [4.78, 5) is 24.7. The van der Waals surface area contributed by atoms with Crippen LogP contribution < -0.4 is 0 Å². The molecule has 0 spiro atoms. The molecule has 0 saturated carbocycles. The zero-order valence-electron chi connectivity index (χ0n) is 16.8. The van der Waals surface area contributed by atoms with E-state index in [2.05, 4.69) is 6.58 Å². The van der Waals surface area contributed by atoms with Crippen molar-refractivity contribution in [2.24, 2.45) is 11.8 Å². The molecule has 3 aliphatic rings. The Kier molecular flexibility index (Phi) is 5.50. The van der Waals surface area contributed by atoms with Crippen LogP contribution in [0.4, 0.5) is 0 Å². The summed E-state index contributed by atoms with van der Waals surface area (Å²) in [5.41, 5.74) is 0.911. The molecule has 6 nitrogen and oxygen atoms in total. The topological polar surface area (TPSA) is 74.4 Å². The Hall–Kier alpha value is -1.66. The second-order valence-corrected chi connectivity index (χ2v) is 8.20. The van der Waals surface area contributed by atoms with Gasteiger partial charge in [-0.1, -0.05) is 20.4 Å². The van der Waals surface area contributed by atoms with Gasteiger partial charge in [-0.2, -0.15) is 0 Å². The highest BCUT2D eigenvalue weighted by Crippen LogP contribution is 2.48. The van der Waals surface area contributed by atoms with Gasteiger partial charge in [-0.05, 0) is 31.9 Å². The Labute approximate surface area is 160 Å². The summed E-state index contributed by atoms with van der Waals surface area (Å²) in [6, 6.07) is 0. The fraction of sp³-hybridized carbons (Fsp3) is 0.714. The molecule has 0 bridgehead atoms. The van der Waals surface area contributed by atoms with Crippen LogP contribution in [0.2, 0.25) is 0 Å². The highest BCUT2D eigenvalue weighted by Gasteiger charge is 2.57. The van der Waals surface area contributed by atoms with Crippen molar-refractivity contribution in [3.8, 4) is 0 Å². The van der Waals surface area contributed by atoms with Crippen LogP contribution in [0, 0.1) is 11.8 Å². The van der Waals surface area contributed by atoms with Crippen molar-refractivity contribution >= 4 is 11.9 Å². The zero-order valence-corrected chi connectivity index (χ0v) is 16.8. The molecule has 6 heteroatoms. The average Bonchev–Trinajstić information content (AvgIpc) is 3.16. The quantitative estimate of drug-likeness (QED) is 0.324. The third kappa shape index (κ3) is 3.83. The standard InChI is InChI=1S/C21H30O6/c1-7-11(2)19(22)26-16-10-21(5)17(27-21)9-14(24-6)12(3)8-15-18(16)13(4)20(23)25-15/h8,11,14-18H,4,7,9-10H2,1-3,5-6H3/b12-8-/t11?,14?,15-,16?,17+,18+,21+/m1/s1. The lowest BCUT2D eigenvalue weighted by Crippen LogP contribution is -2.38. The lowest BCUT2D eigenvalue weighted by molar-refractivity contribution is -0.157. The molecular weight excluding hydrogens is 348 g/mol. The van der Waals surface area contributed by atoms with Crippen LogP contribution in [0.15, 0.2) is 23.8 Å². The van der Waals surface area contributed by atoms with Gasteiger partial charge < -0.3 is 18.9 Å². The van der Waals surface area contributed by atoms with Crippen LogP contribution in [0.1, 0.15) is 47.0 Å². The van der Waals surface area contributed by atoms with Crippen molar-refractivity contribution in [2.45, 2.75) is 77.0 Å². The molecule has 0 aromatic heterocycles. The summed E-state index contributed by atoms with van der Waals surface area (Å²) in [5.74, 6) is -1.33. The normalized spacial score (nSPS) is 41.5. The summed E-state index contributed by atoms with van der Waals surface area (Å²) in [6.07, 6.45) is 2.70. The van der Waals surface area contributed by atoms with E-state index in [9.17, 15) is 9.59 Å². The van der Waals surface area contributed by atoms with Crippen molar-refractivity contribution in [3.63, 3.8) is 0 Å². The first-order chi connectivity index (χ1) is 12.7. The number of carbonyl (C=O) groups is 2. The van der Waals surface area contributed by atoms with E-state index in [1.165, 1.54) is 0 Å². The van der Waals surface area contributed by atoms with Crippen LogP contribution in [0.5, 0.6) is 0 Å². The molecule has 0 aromatic carbocycles. The number of carbonyl (C=O) groups excluding carboxylic acids is 2. The molecule has 150 valence electrons. The molecular formula is C21H30O6. The molecule has 0 amide bonds. The number of esters is 2. The largest absolute Gasteiger partial charge is 0.461 e. The molecule has 2 saturated heterocycles. The van der Waals surface area contributed by atoms with Gasteiger partial charge in [-0.25, -0.2) is 4.79 Å². The predicted molar refractivity (Wildman–Crippen MR) is 98.9 cm³/mol. The SMILES string of the molecule is C=C1C(=O)O[C@@H]2/C=C(/C)C(OC)C[C@@H]3O[C@@]3(C)CC(OC(=O)C(C)CC)[C@@H]12. The highest BCUT2D eigenvalue weighted by molar-refractivity contribution is 5.91. The predicted octanol–water partition coefficient (Wildman–Crippen LogP) is 2.95. The number of rotatable bonds is 4. The van der Waals surface area contributed by atoms with Gasteiger partial charge in [-0.15, -0.1) is 0 Å². The van der Waals surface area contributed by atoms with E-state index in [0.29, 0.717) is 24.8 Å². The lowest BCUT2D eigenvalue weighted by Gasteiger charge is -2.30. The van der Waals surface area contributed by atoms with Crippen LogP contribution >= 0.6 is 0 Å². The van der Waals surface area contributed by atoms with Crippen LogP contribution in [0.3, 0.4) is 0 Å². The molecule has 0 aromatic rings. The second-order valence-electron chi connectivity index (χ2n) is 8.20. The summed E-state index contributed by atoms with van der Waals surface area (Å²) >= 11 is 0. The number of hydrogen-bond acceptors (Lipinski definition) is 6. The molecule has 27 heavy (non-hydrogen) atoms. The molecule has 3 rings (SSSR count). The fourth-order valence-corrected chi connectivity index (χ4v) is 4.05. The fourth-order valence-electron chi connectivity index (χ4n) is 4.05. The Morgan fingerprint density at radius 1 is 1.48 bits per heavy atom. The Balaban J connectivity index is 1.96. The molecule has 2 fully saturated rings. The smallest absolute Gasteiger partial charge is 0.334 e. The maximum absolute atomic E-state index is 12.5. The minimum absolute atomic E-state index is 0.0263. The highest BCUT2D eigenvalue weighted by atomic mass is 16.6. The monoisotopic (exact) mass is 378 g/mol. The zero-order chi connectivity index (χ0) is 19.9. The molecule has 3 unspecified atom stereocenters. The average molecular weight is 378 g/mol. The van der Waals surface area contributed by atoms with Crippen molar-refractivity contribution in [1.29, 1.82) is 0 Å². The number of fused-ring (bicyclic) bond motifs is 2. The molecule has 1 aliphatic carbocycles. The third-order valence-electron chi connectivity index (χ3n) is 6.23. The van der Waals surface area contributed by atoms with E-state index in [0.717, 1.165) is 5.57 Å². The van der Waals surface area contributed by atoms with Crippen LogP contribution in [-0.4, -0.2) is 49.1 Å². The van der Waals surface area contributed by atoms with Crippen LogP contribution in [-0.2, 0) is 28.5 Å². The Morgan fingerprint density at radius 2 is 2.19 bits per heavy atom. The van der Waals surface area contributed by atoms with Crippen molar-refractivity contribution < 1.29 is 28.5 Å². The van der Waals surface area contributed by atoms with Gasteiger partial charge in [0, 0.05) is 25.5 Å². The Bertz CT molecular complexity index is 668. The van der Waals surface area contributed by atoms with Gasteiger partial charge in [0.1, 0.15) is 12.2 Å². The van der Waals surface area contributed by atoms with Crippen molar-refractivity contribution in [2.75, 3.05) is 7.11 Å².